The Labute approximate surface area is 70.1 Å². The lowest BCUT2D eigenvalue weighted by Crippen LogP contribution is -2.34. The van der Waals surface area contributed by atoms with Gasteiger partial charge in [0.1, 0.15) is 0 Å². The van der Waals surface area contributed by atoms with Crippen LogP contribution in [0.25, 0.3) is 0 Å². The molecule has 2 unspecified atom stereocenters. The molecule has 0 bridgehead atoms. The summed E-state index contributed by atoms with van der Waals surface area (Å²) >= 11 is 1.80. The molecule has 0 saturated carbocycles. The second kappa shape index (κ2) is 3.31. The first-order chi connectivity index (χ1) is 5.36. The molecule has 11 heavy (non-hydrogen) atoms. The maximum absolute atomic E-state index is 9.37. The summed E-state index contributed by atoms with van der Waals surface area (Å²) in [4.78, 5) is 0. The topological polar surface area (TPSA) is 38.7 Å². The predicted octanol–water partition coefficient (Wildman–Crippen LogP) is -0.122. The fraction of sp³-hybridized carbons (Fsp3) is 1.00. The molecule has 4 heteroatoms. The smallest absolute Gasteiger partial charge is 0.0914 e. The van der Waals surface area contributed by atoms with Crippen molar-refractivity contribution in [2.24, 2.45) is 0 Å². The first-order valence-corrected chi connectivity index (χ1v) is 4.79. The van der Waals surface area contributed by atoms with Gasteiger partial charge in [0.15, 0.2) is 0 Å². The Morgan fingerprint density at radius 1 is 1.09 bits per heavy atom. The zero-order valence-electron chi connectivity index (χ0n) is 6.23. The van der Waals surface area contributed by atoms with Crippen molar-refractivity contribution < 1.29 is 14.6 Å². The van der Waals surface area contributed by atoms with Gasteiger partial charge in [0.25, 0.3) is 0 Å². The van der Waals surface area contributed by atoms with Gasteiger partial charge in [-0.05, 0) is 0 Å². The molecule has 2 saturated heterocycles. The molecule has 2 rings (SSSR count). The molecular formula is C7H12O3S. The van der Waals surface area contributed by atoms with Gasteiger partial charge in [-0.3, -0.25) is 0 Å². The second-order valence-corrected chi connectivity index (χ2v) is 4.48. The molecule has 2 heterocycles. The van der Waals surface area contributed by atoms with Crippen LogP contribution in [0.1, 0.15) is 0 Å². The number of hydrogen-bond donors (Lipinski definition) is 1. The van der Waals surface area contributed by atoms with E-state index in [1.54, 1.807) is 11.8 Å². The summed E-state index contributed by atoms with van der Waals surface area (Å²) in [5.74, 6) is 0. The van der Waals surface area contributed by atoms with Crippen molar-refractivity contribution in [1.82, 2.24) is 0 Å². The van der Waals surface area contributed by atoms with Gasteiger partial charge >= 0.3 is 0 Å². The number of aliphatic hydroxyl groups excluding tert-OH is 1. The Hall–Kier alpha value is 0.230. The molecule has 3 nitrogen and oxygen atoms in total. The molecule has 0 spiro atoms. The largest absolute Gasteiger partial charge is 0.389 e. The van der Waals surface area contributed by atoms with Gasteiger partial charge in [-0.2, -0.15) is 0 Å². The molecule has 0 aromatic rings. The van der Waals surface area contributed by atoms with E-state index < -0.39 is 0 Å². The zero-order chi connectivity index (χ0) is 7.68. The molecule has 1 N–H and O–H groups in total. The maximum Gasteiger partial charge on any atom is 0.0914 e. The quantitative estimate of drug-likeness (QED) is 0.636. The van der Waals surface area contributed by atoms with Gasteiger partial charge in [-0.25, -0.2) is 0 Å². The maximum atomic E-state index is 9.37. The van der Waals surface area contributed by atoms with Crippen LogP contribution in [-0.4, -0.2) is 48.1 Å². The lowest BCUT2D eigenvalue weighted by atomic mass is 10.3. The molecule has 64 valence electrons. The Bertz CT molecular complexity index is 138. The molecule has 0 radical (unpaired) electrons. The molecule has 0 aromatic heterocycles. The monoisotopic (exact) mass is 176 g/mol. The van der Waals surface area contributed by atoms with Crippen molar-refractivity contribution in [2.45, 2.75) is 16.6 Å². The van der Waals surface area contributed by atoms with Crippen molar-refractivity contribution in [2.75, 3.05) is 26.4 Å². The molecule has 2 aliphatic rings. The van der Waals surface area contributed by atoms with Gasteiger partial charge in [0.2, 0.25) is 0 Å². The van der Waals surface area contributed by atoms with Gasteiger partial charge in [-0.1, -0.05) is 0 Å². The number of ether oxygens (including phenoxy) is 2. The SMILES string of the molecule is OC1COCC1SC1COC1. The minimum atomic E-state index is -0.263. The summed E-state index contributed by atoms with van der Waals surface area (Å²) < 4.78 is 10.2. The summed E-state index contributed by atoms with van der Waals surface area (Å²) in [6.45, 7) is 2.88. The molecule has 0 aliphatic carbocycles. The molecule has 0 aromatic carbocycles. The van der Waals surface area contributed by atoms with E-state index in [-0.39, 0.29) is 11.4 Å². The summed E-state index contributed by atoms with van der Waals surface area (Å²) in [6, 6.07) is 0. The standard InChI is InChI=1S/C7H12O3S/c8-6-3-10-4-7(6)11-5-1-9-2-5/h5-8H,1-4H2. The average Bonchev–Trinajstić information content (AvgIpc) is 2.27. The van der Waals surface area contributed by atoms with E-state index in [0.29, 0.717) is 18.5 Å². The van der Waals surface area contributed by atoms with Crippen LogP contribution < -0.4 is 0 Å². The molecule has 2 fully saturated rings. The van der Waals surface area contributed by atoms with Crippen LogP contribution in [0.2, 0.25) is 0 Å². The summed E-state index contributed by atoms with van der Waals surface area (Å²) in [5.41, 5.74) is 0. The fourth-order valence-corrected chi connectivity index (χ4v) is 2.47. The Balaban J connectivity index is 1.75. The lowest BCUT2D eigenvalue weighted by molar-refractivity contribution is 0.0449. The third-order valence-corrected chi connectivity index (χ3v) is 3.43. The van der Waals surface area contributed by atoms with Gasteiger partial charge in [-0.15, -0.1) is 11.8 Å². The summed E-state index contributed by atoms with van der Waals surface area (Å²) in [5, 5.41) is 10.2. The van der Waals surface area contributed by atoms with Crippen LogP contribution in [-0.2, 0) is 9.47 Å². The first-order valence-electron chi connectivity index (χ1n) is 3.85. The number of rotatable bonds is 2. The molecule has 2 atom stereocenters. The Morgan fingerprint density at radius 3 is 2.27 bits per heavy atom. The van der Waals surface area contributed by atoms with Crippen LogP contribution in [0.5, 0.6) is 0 Å². The Kier molecular flexibility index (Phi) is 2.36. The zero-order valence-corrected chi connectivity index (χ0v) is 7.05. The third kappa shape index (κ3) is 1.69. The molecular weight excluding hydrogens is 164 g/mol. The third-order valence-electron chi connectivity index (χ3n) is 1.97. The van der Waals surface area contributed by atoms with Crippen molar-refractivity contribution in [3.8, 4) is 0 Å². The van der Waals surface area contributed by atoms with E-state index >= 15 is 0 Å². The molecule has 0 amide bonds. The minimum absolute atomic E-state index is 0.263. The van der Waals surface area contributed by atoms with E-state index in [2.05, 4.69) is 0 Å². The fourth-order valence-electron chi connectivity index (χ4n) is 1.19. The van der Waals surface area contributed by atoms with Crippen LogP contribution in [0.15, 0.2) is 0 Å². The summed E-state index contributed by atoms with van der Waals surface area (Å²) in [7, 11) is 0. The number of hydrogen-bond acceptors (Lipinski definition) is 4. The van der Waals surface area contributed by atoms with Crippen molar-refractivity contribution in [1.29, 1.82) is 0 Å². The Morgan fingerprint density at radius 2 is 1.82 bits per heavy atom. The van der Waals surface area contributed by atoms with Crippen molar-refractivity contribution in [3.05, 3.63) is 0 Å². The van der Waals surface area contributed by atoms with Crippen LogP contribution >= 0.6 is 11.8 Å². The normalized spacial score (nSPS) is 39.0. The van der Waals surface area contributed by atoms with Crippen molar-refractivity contribution >= 4 is 11.8 Å². The van der Waals surface area contributed by atoms with E-state index in [1.807, 2.05) is 0 Å². The average molecular weight is 176 g/mol. The first kappa shape index (κ1) is 7.86. The van der Waals surface area contributed by atoms with Crippen LogP contribution in [0, 0.1) is 0 Å². The lowest BCUT2D eigenvalue weighted by Gasteiger charge is -2.28. The van der Waals surface area contributed by atoms with E-state index in [4.69, 9.17) is 9.47 Å². The van der Waals surface area contributed by atoms with E-state index in [0.717, 1.165) is 13.2 Å². The number of aliphatic hydroxyl groups is 1. The van der Waals surface area contributed by atoms with Gasteiger partial charge < -0.3 is 14.6 Å². The second-order valence-electron chi connectivity index (χ2n) is 2.94. The highest BCUT2D eigenvalue weighted by Gasteiger charge is 2.31. The summed E-state index contributed by atoms with van der Waals surface area (Å²) in [6.07, 6.45) is -0.263. The predicted molar refractivity (Wildman–Crippen MR) is 42.8 cm³/mol. The number of thioether (sulfide) groups is 1. The minimum Gasteiger partial charge on any atom is -0.389 e. The highest BCUT2D eigenvalue weighted by molar-refractivity contribution is 8.00. The van der Waals surface area contributed by atoms with Crippen LogP contribution in [0.4, 0.5) is 0 Å². The highest BCUT2D eigenvalue weighted by Crippen LogP contribution is 2.28. The molecule has 2 aliphatic heterocycles. The van der Waals surface area contributed by atoms with Gasteiger partial charge in [0.05, 0.1) is 43.0 Å². The van der Waals surface area contributed by atoms with Gasteiger partial charge in [0, 0.05) is 0 Å². The van der Waals surface area contributed by atoms with E-state index in [1.165, 1.54) is 0 Å². The van der Waals surface area contributed by atoms with Crippen molar-refractivity contribution in [3.63, 3.8) is 0 Å². The van der Waals surface area contributed by atoms with E-state index in [9.17, 15) is 5.11 Å². The van der Waals surface area contributed by atoms with Crippen LogP contribution in [0.3, 0.4) is 0 Å². The highest BCUT2D eigenvalue weighted by atomic mass is 32.2.